The van der Waals surface area contributed by atoms with E-state index >= 15 is 0 Å². The van der Waals surface area contributed by atoms with Crippen LogP contribution in [0.2, 0.25) is 0 Å². The Hall–Kier alpha value is -1.68. The molecule has 0 fully saturated rings. The molecular weight excluding hydrogens is 226 g/mol. The number of aliphatic hydroxyl groups excluding tert-OH is 1. The van der Waals surface area contributed by atoms with Gasteiger partial charge in [0, 0.05) is 6.54 Å². The van der Waals surface area contributed by atoms with E-state index in [0.29, 0.717) is 6.54 Å². The fourth-order valence-corrected chi connectivity index (χ4v) is 2.49. The van der Waals surface area contributed by atoms with Crippen molar-refractivity contribution in [3.8, 4) is 0 Å². The molecule has 0 spiro atoms. The lowest BCUT2D eigenvalue weighted by Gasteiger charge is -2.17. The average molecular weight is 245 g/mol. The normalized spacial score (nSPS) is 12.7. The Morgan fingerprint density at radius 2 is 1.83 bits per heavy atom. The van der Waals surface area contributed by atoms with Crippen LogP contribution in [0.5, 0.6) is 0 Å². The molecule has 1 aromatic carbocycles. The first kappa shape index (κ1) is 12.8. The molecule has 1 heterocycles. The maximum atomic E-state index is 10.5. The molecule has 0 radical (unpaired) electrons. The molecule has 1 atom stereocenters. The fraction of sp³-hybridized carbons (Fsp3) is 0.429. The van der Waals surface area contributed by atoms with Gasteiger partial charge in [-0.05, 0) is 44.4 Å². The number of aliphatic hydroxyl groups is 1. The smallest absolute Gasteiger partial charge is 0.123 e. The topological polar surface area (TPSA) is 50.9 Å². The summed E-state index contributed by atoms with van der Waals surface area (Å²) >= 11 is 0. The molecule has 4 heteroatoms. The quantitative estimate of drug-likeness (QED) is 0.902. The zero-order valence-electron chi connectivity index (χ0n) is 11.3. The summed E-state index contributed by atoms with van der Waals surface area (Å²) < 4.78 is 1.73. The fourth-order valence-electron chi connectivity index (χ4n) is 2.49. The Balaban J connectivity index is 2.49. The van der Waals surface area contributed by atoms with Gasteiger partial charge in [0.15, 0.2) is 0 Å². The summed E-state index contributed by atoms with van der Waals surface area (Å²) in [6.07, 6.45) is 0.966. The van der Waals surface area contributed by atoms with Crippen LogP contribution in [0, 0.1) is 20.8 Å². The van der Waals surface area contributed by atoms with Gasteiger partial charge in [0.05, 0.1) is 11.9 Å². The molecule has 0 aliphatic heterocycles. The largest absolute Gasteiger partial charge is 0.382 e. The second-order valence-electron chi connectivity index (χ2n) is 4.69. The maximum Gasteiger partial charge on any atom is 0.123 e. The molecule has 2 rings (SSSR count). The van der Waals surface area contributed by atoms with Crippen molar-refractivity contribution >= 4 is 0 Å². The van der Waals surface area contributed by atoms with Crippen LogP contribution in [0.4, 0.5) is 0 Å². The van der Waals surface area contributed by atoms with E-state index in [-0.39, 0.29) is 0 Å². The third kappa shape index (κ3) is 2.16. The SMILES string of the molecule is CCn1nncc1C(O)c1c(C)cc(C)cc1C. The van der Waals surface area contributed by atoms with E-state index in [1.165, 1.54) is 5.56 Å². The molecule has 1 aromatic heterocycles. The van der Waals surface area contributed by atoms with Crippen LogP contribution < -0.4 is 0 Å². The molecule has 18 heavy (non-hydrogen) atoms. The Labute approximate surface area is 107 Å². The number of aryl methyl sites for hydroxylation is 4. The third-order valence-corrected chi connectivity index (χ3v) is 3.24. The maximum absolute atomic E-state index is 10.5. The number of hydrogen-bond donors (Lipinski definition) is 1. The summed E-state index contributed by atoms with van der Waals surface area (Å²) in [5, 5.41) is 18.4. The van der Waals surface area contributed by atoms with Crippen LogP contribution in [0.25, 0.3) is 0 Å². The van der Waals surface area contributed by atoms with E-state index in [2.05, 4.69) is 29.4 Å². The summed E-state index contributed by atoms with van der Waals surface area (Å²) in [5.41, 5.74) is 5.11. The number of hydrogen-bond acceptors (Lipinski definition) is 3. The van der Waals surface area contributed by atoms with Crippen LogP contribution in [-0.2, 0) is 6.54 Å². The van der Waals surface area contributed by atoms with E-state index in [0.717, 1.165) is 22.4 Å². The summed E-state index contributed by atoms with van der Waals surface area (Å²) in [5.74, 6) is 0. The highest BCUT2D eigenvalue weighted by Gasteiger charge is 2.19. The minimum absolute atomic E-state index is 0.666. The van der Waals surface area contributed by atoms with Gasteiger partial charge in [0.25, 0.3) is 0 Å². The number of rotatable bonds is 3. The van der Waals surface area contributed by atoms with Crippen molar-refractivity contribution in [2.24, 2.45) is 0 Å². The van der Waals surface area contributed by atoms with Gasteiger partial charge in [-0.3, -0.25) is 0 Å². The third-order valence-electron chi connectivity index (χ3n) is 3.24. The van der Waals surface area contributed by atoms with Gasteiger partial charge in [-0.15, -0.1) is 5.10 Å². The number of benzene rings is 1. The van der Waals surface area contributed by atoms with Crippen molar-refractivity contribution in [2.45, 2.75) is 40.3 Å². The van der Waals surface area contributed by atoms with Crippen molar-refractivity contribution < 1.29 is 5.11 Å². The molecule has 1 unspecified atom stereocenters. The average Bonchev–Trinajstić information content (AvgIpc) is 2.75. The van der Waals surface area contributed by atoms with Gasteiger partial charge in [0.1, 0.15) is 6.10 Å². The van der Waals surface area contributed by atoms with Crippen LogP contribution in [0.15, 0.2) is 18.3 Å². The zero-order valence-corrected chi connectivity index (χ0v) is 11.3. The van der Waals surface area contributed by atoms with Crippen molar-refractivity contribution in [2.75, 3.05) is 0 Å². The van der Waals surface area contributed by atoms with Gasteiger partial charge < -0.3 is 5.11 Å². The molecule has 0 amide bonds. The lowest BCUT2D eigenvalue weighted by molar-refractivity contribution is 0.206. The Bertz CT molecular complexity index is 537. The van der Waals surface area contributed by atoms with Gasteiger partial charge in [-0.1, -0.05) is 22.9 Å². The summed E-state index contributed by atoms with van der Waals surface area (Å²) in [6.45, 7) is 8.81. The monoisotopic (exact) mass is 245 g/mol. The second kappa shape index (κ2) is 4.90. The van der Waals surface area contributed by atoms with Crippen LogP contribution >= 0.6 is 0 Å². The predicted molar refractivity (Wildman–Crippen MR) is 70.4 cm³/mol. The van der Waals surface area contributed by atoms with Crippen molar-refractivity contribution in [1.29, 1.82) is 0 Å². The van der Waals surface area contributed by atoms with E-state index in [4.69, 9.17) is 0 Å². The highest BCUT2D eigenvalue weighted by Crippen LogP contribution is 2.28. The summed E-state index contributed by atoms with van der Waals surface area (Å²) in [7, 11) is 0. The first-order valence-corrected chi connectivity index (χ1v) is 6.18. The van der Waals surface area contributed by atoms with E-state index in [1.807, 2.05) is 20.8 Å². The van der Waals surface area contributed by atoms with Gasteiger partial charge in [0.2, 0.25) is 0 Å². The standard InChI is InChI=1S/C14H19N3O/c1-5-17-12(8-15-16-17)14(18)13-10(3)6-9(2)7-11(13)4/h6-8,14,18H,5H2,1-4H3. The first-order valence-electron chi connectivity index (χ1n) is 6.18. The lowest BCUT2D eigenvalue weighted by atomic mass is 9.94. The molecule has 2 aromatic rings. The zero-order chi connectivity index (χ0) is 13.3. The van der Waals surface area contributed by atoms with Gasteiger partial charge >= 0.3 is 0 Å². The highest BCUT2D eigenvalue weighted by atomic mass is 16.3. The molecule has 0 aliphatic rings. The molecule has 96 valence electrons. The van der Waals surface area contributed by atoms with E-state index in [9.17, 15) is 5.11 Å². The van der Waals surface area contributed by atoms with Crippen LogP contribution in [0.3, 0.4) is 0 Å². The molecule has 4 nitrogen and oxygen atoms in total. The minimum Gasteiger partial charge on any atom is -0.382 e. The number of aromatic nitrogens is 3. The molecular formula is C14H19N3O. The minimum atomic E-state index is -0.666. The first-order chi connectivity index (χ1) is 8.54. The van der Waals surface area contributed by atoms with Crippen molar-refractivity contribution in [1.82, 2.24) is 15.0 Å². The highest BCUT2D eigenvalue weighted by molar-refractivity contribution is 5.41. The Kier molecular flexibility index (Phi) is 3.48. The van der Waals surface area contributed by atoms with Crippen molar-refractivity contribution in [3.63, 3.8) is 0 Å². The Morgan fingerprint density at radius 3 is 2.39 bits per heavy atom. The molecule has 0 saturated heterocycles. The molecule has 0 aliphatic carbocycles. The van der Waals surface area contributed by atoms with Crippen LogP contribution in [0.1, 0.15) is 41.0 Å². The lowest BCUT2D eigenvalue weighted by Crippen LogP contribution is -2.11. The van der Waals surface area contributed by atoms with Gasteiger partial charge in [-0.2, -0.15) is 0 Å². The number of nitrogens with zero attached hydrogens (tertiary/aromatic N) is 3. The summed E-state index contributed by atoms with van der Waals surface area (Å²) in [4.78, 5) is 0. The van der Waals surface area contributed by atoms with Gasteiger partial charge in [-0.25, -0.2) is 4.68 Å². The predicted octanol–water partition coefficient (Wildman–Crippen LogP) is 2.30. The second-order valence-corrected chi connectivity index (χ2v) is 4.69. The van der Waals surface area contributed by atoms with E-state index < -0.39 is 6.10 Å². The summed E-state index contributed by atoms with van der Waals surface area (Å²) in [6, 6.07) is 4.18. The van der Waals surface area contributed by atoms with Crippen molar-refractivity contribution in [3.05, 3.63) is 46.3 Å². The molecule has 1 N–H and O–H groups in total. The Morgan fingerprint density at radius 1 is 1.22 bits per heavy atom. The molecule has 0 bridgehead atoms. The van der Waals surface area contributed by atoms with E-state index in [1.54, 1.807) is 10.9 Å². The van der Waals surface area contributed by atoms with Crippen LogP contribution in [-0.4, -0.2) is 20.1 Å². The molecule has 0 saturated carbocycles.